The van der Waals surface area contributed by atoms with Gasteiger partial charge in [0.25, 0.3) is 5.91 Å². The van der Waals surface area contributed by atoms with E-state index < -0.39 is 30.8 Å². The van der Waals surface area contributed by atoms with E-state index in [0.29, 0.717) is 26.1 Å². The van der Waals surface area contributed by atoms with Crippen molar-refractivity contribution in [2.24, 2.45) is 12.2 Å². The minimum Gasteiger partial charge on any atom is -0.390 e. The number of carbonyl (C=O) groups excluding carboxylic acids is 2. The Balaban J connectivity index is 2.27. The molecular formula is C25H38N4O6. The molecule has 0 fully saturated rings. The number of methoxy groups -OCH3 is 1. The fraction of sp³-hybridized carbons (Fsp3) is 0.560. The highest BCUT2D eigenvalue weighted by Gasteiger charge is 2.31. The van der Waals surface area contributed by atoms with Crippen LogP contribution in [0.5, 0.6) is 0 Å². The van der Waals surface area contributed by atoms with Crippen molar-refractivity contribution >= 4 is 28.4 Å². The topological polar surface area (TPSA) is 117 Å². The number of nitrogens with zero attached hydrogens (tertiary/aromatic N) is 4. The molecule has 1 aromatic carbocycles. The third kappa shape index (κ3) is 7.27. The molecule has 0 aliphatic carbocycles. The van der Waals surface area contributed by atoms with E-state index in [4.69, 9.17) is 9.57 Å². The lowest BCUT2D eigenvalue weighted by atomic mass is 10.0. The fourth-order valence-electron chi connectivity index (χ4n) is 3.89. The molecule has 1 heterocycles. The number of rotatable bonds is 13. The van der Waals surface area contributed by atoms with E-state index in [-0.39, 0.29) is 11.6 Å². The Bertz CT molecular complexity index is 1020. The summed E-state index contributed by atoms with van der Waals surface area (Å²) in [5, 5.41) is 24.0. The zero-order chi connectivity index (χ0) is 26.1. The highest BCUT2D eigenvalue weighted by Crippen LogP contribution is 2.23. The molecule has 2 N–H and O–H groups in total. The predicted molar refractivity (Wildman–Crippen MR) is 134 cm³/mol. The zero-order valence-electron chi connectivity index (χ0n) is 21.5. The van der Waals surface area contributed by atoms with Crippen LogP contribution in [-0.2, 0) is 32.6 Å². The third-order valence-corrected chi connectivity index (χ3v) is 6.08. The van der Waals surface area contributed by atoms with Crippen LogP contribution in [0.4, 0.5) is 0 Å². The van der Waals surface area contributed by atoms with E-state index >= 15 is 0 Å². The zero-order valence-corrected chi connectivity index (χ0v) is 21.5. The molecular weight excluding hydrogens is 452 g/mol. The molecule has 2 aromatic rings. The van der Waals surface area contributed by atoms with E-state index in [1.165, 1.54) is 18.7 Å². The van der Waals surface area contributed by atoms with Crippen molar-refractivity contribution in [2.45, 2.75) is 45.4 Å². The molecule has 0 aliphatic rings. The molecule has 3 atom stereocenters. The fourth-order valence-corrected chi connectivity index (χ4v) is 3.89. The molecule has 1 aromatic heterocycles. The lowest BCUT2D eigenvalue weighted by Gasteiger charge is -2.32. The van der Waals surface area contributed by atoms with Crippen LogP contribution in [0.3, 0.4) is 0 Å². The number of carbonyl (C=O) groups is 2. The third-order valence-electron chi connectivity index (χ3n) is 6.08. The summed E-state index contributed by atoms with van der Waals surface area (Å²) in [6.45, 7) is 5.68. The van der Waals surface area contributed by atoms with Gasteiger partial charge in [0.05, 0.1) is 18.4 Å². The first-order valence-electron chi connectivity index (χ1n) is 11.7. The Morgan fingerprint density at radius 3 is 2.54 bits per heavy atom. The lowest BCUT2D eigenvalue weighted by molar-refractivity contribution is -0.147. The maximum absolute atomic E-state index is 13.6. The van der Waals surface area contributed by atoms with Crippen molar-refractivity contribution in [1.82, 2.24) is 14.4 Å². The molecule has 10 nitrogen and oxygen atoms in total. The second kappa shape index (κ2) is 13.2. The van der Waals surface area contributed by atoms with Gasteiger partial charge in [-0.1, -0.05) is 23.4 Å². The van der Waals surface area contributed by atoms with Crippen LogP contribution in [-0.4, -0.2) is 101 Å². The van der Waals surface area contributed by atoms with Crippen LogP contribution in [0.1, 0.15) is 26.3 Å². The standard InChI is InChI=1S/C25H38N4O6/c1-7-29(12-13-34-6)25(33)22(14-19-15-27(4)21-11-9-8-10-20(19)21)28(5)23(31)16-35-26-17(2)24(32)18(3)30/h8-11,15,18,22,24,30,32H,7,12-14,16H2,1-6H3/b26-17-. The number of aliphatic hydroxyl groups excluding tert-OH is 2. The molecule has 0 bridgehead atoms. The van der Waals surface area contributed by atoms with Crippen molar-refractivity contribution < 1.29 is 29.4 Å². The van der Waals surface area contributed by atoms with Crippen LogP contribution in [0.2, 0.25) is 0 Å². The summed E-state index contributed by atoms with van der Waals surface area (Å²) in [5.74, 6) is -0.619. The number of aromatic nitrogens is 1. The van der Waals surface area contributed by atoms with Gasteiger partial charge in [-0.05, 0) is 32.4 Å². The molecule has 0 saturated heterocycles. The molecule has 194 valence electrons. The second-order valence-electron chi connectivity index (χ2n) is 8.61. The van der Waals surface area contributed by atoms with Crippen molar-refractivity contribution in [3.05, 3.63) is 36.0 Å². The Morgan fingerprint density at radius 2 is 1.91 bits per heavy atom. The highest BCUT2D eigenvalue weighted by molar-refractivity contribution is 5.90. The van der Waals surface area contributed by atoms with Gasteiger partial charge in [0.15, 0.2) is 6.61 Å². The van der Waals surface area contributed by atoms with E-state index in [9.17, 15) is 19.8 Å². The summed E-state index contributed by atoms with van der Waals surface area (Å²) in [7, 11) is 5.10. The Hall–Kier alpha value is -2.95. The summed E-state index contributed by atoms with van der Waals surface area (Å²) in [6, 6.07) is 7.16. The van der Waals surface area contributed by atoms with Gasteiger partial charge in [-0.15, -0.1) is 0 Å². The molecule has 0 spiro atoms. The van der Waals surface area contributed by atoms with Crippen LogP contribution < -0.4 is 0 Å². The van der Waals surface area contributed by atoms with Crippen molar-refractivity contribution in [3.63, 3.8) is 0 Å². The molecule has 10 heteroatoms. The van der Waals surface area contributed by atoms with Gasteiger partial charge >= 0.3 is 0 Å². The summed E-state index contributed by atoms with van der Waals surface area (Å²) in [5.41, 5.74) is 2.15. The molecule has 0 saturated carbocycles. The Labute approximate surface area is 206 Å². The number of fused-ring (bicyclic) bond motifs is 1. The molecule has 0 aliphatic heterocycles. The highest BCUT2D eigenvalue weighted by atomic mass is 16.6. The summed E-state index contributed by atoms with van der Waals surface area (Å²) in [6.07, 6.45) is 0.101. The van der Waals surface area contributed by atoms with Crippen LogP contribution in [0.25, 0.3) is 10.9 Å². The van der Waals surface area contributed by atoms with E-state index in [2.05, 4.69) is 5.16 Å². The first-order chi connectivity index (χ1) is 16.6. The Kier molecular flexibility index (Phi) is 10.7. The van der Waals surface area contributed by atoms with Crippen molar-refractivity contribution in [2.75, 3.05) is 40.5 Å². The predicted octanol–water partition coefficient (Wildman–Crippen LogP) is 1.18. The minimum absolute atomic E-state index is 0.149. The Morgan fingerprint density at radius 1 is 1.23 bits per heavy atom. The SMILES string of the molecule is CCN(CCOC)C(=O)C(Cc1cn(C)c2ccccc12)N(C)C(=O)CO/N=C(/C)C(O)C(C)O. The number of likely N-dealkylation sites (N-methyl/N-ethyl adjacent to an activating group) is 2. The normalized spacial score (nSPS) is 14.5. The number of oxime groups is 1. The van der Waals surface area contributed by atoms with Crippen LogP contribution >= 0.6 is 0 Å². The van der Waals surface area contributed by atoms with E-state index in [0.717, 1.165) is 16.5 Å². The van der Waals surface area contributed by atoms with Gasteiger partial charge in [0, 0.05) is 57.8 Å². The lowest BCUT2D eigenvalue weighted by Crippen LogP contribution is -2.51. The van der Waals surface area contributed by atoms with Gasteiger partial charge in [0.1, 0.15) is 12.1 Å². The largest absolute Gasteiger partial charge is 0.390 e. The number of amides is 2. The smallest absolute Gasteiger partial charge is 0.263 e. The summed E-state index contributed by atoms with van der Waals surface area (Å²) in [4.78, 5) is 34.7. The molecule has 0 radical (unpaired) electrons. The molecule has 35 heavy (non-hydrogen) atoms. The first kappa shape index (κ1) is 28.3. The number of benzene rings is 1. The number of ether oxygens (including phenoxy) is 1. The molecule has 2 amide bonds. The number of hydrogen-bond donors (Lipinski definition) is 2. The first-order valence-corrected chi connectivity index (χ1v) is 11.7. The van der Waals surface area contributed by atoms with Gasteiger partial charge in [0.2, 0.25) is 5.91 Å². The second-order valence-corrected chi connectivity index (χ2v) is 8.61. The monoisotopic (exact) mass is 490 g/mol. The minimum atomic E-state index is -1.19. The van der Waals surface area contributed by atoms with Gasteiger partial charge in [-0.25, -0.2) is 0 Å². The average Bonchev–Trinajstić information content (AvgIpc) is 3.16. The maximum Gasteiger partial charge on any atom is 0.263 e. The van der Waals surface area contributed by atoms with Crippen molar-refractivity contribution in [1.29, 1.82) is 0 Å². The van der Waals surface area contributed by atoms with Gasteiger partial charge < -0.3 is 34.2 Å². The summed E-state index contributed by atoms with van der Waals surface area (Å²) < 4.78 is 7.16. The summed E-state index contributed by atoms with van der Waals surface area (Å²) >= 11 is 0. The van der Waals surface area contributed by atoms with Gasteiger partial charge in [-0.2, -0.15) is 0 Å². The van der Waals surface area contributed by atoms with Crippen molar-refractivity contribution in [3.8, 4) is 0 Å². The molecule has 2 rings (SSSR count). The van der Waals surface area contributed by atoms with Crippen LogP contribution in [0.15, 0.2) is 35.6 Å². The maximum atomic E-state index is 13.6. The van der Waals surface area contributed by atoms with Crippen LogP contribution in [0, 0.1) is 0 Å². The van der Waals surface area contributed by atoms with E-state index in [1.54, 1.807) is 19.1 Å². The number of aliphatic hydroxyl groups is 2. The number of aryl methyl sites for hydroxylation is 1. The number of para-hydroxylation sites is 1. The number of hydrogen-bond acceptors (Lipinski definition) is 7. The average molecular weight is 491 g/mol. The molecule has 3 unspecified atom stereocenters. The van der Waals surface area contributed by atoms with Gasteiger partial charge in [-0.3, -0.25) is 9.59 Å². The quantitative estimate of drug-likeness (QED) is 0.322. The van der Waals surface area contributed by atoms with E-state index in [1.807, 2.05) is 49.0 Å².